The SMILES string of the molecule is Nc1nc(NN=Cc2ccc(Br)cc2)cc(NN=Cc2ccc(Br)cc2)n1. The van der Waals surface area contributed by atoms with Gasteiger partial charge in [0.2, 0.25) is 5.95 Å². The van der Waals surface area contributed by atoms with Crippen LogP contribution >= 0.6 is 31.9 Å². The Morgan fingerprint density at radius 2 is 1.15 bits per heavy atom. The zero-order chi connectivity index (χ0) is 19.1. The predicted octanol–water partition coefficient (Wildman–Crippen LogP) is 4.48. The molecular formula is C18H15Br2N7. The lowest BCUT2D eigenvalue weighted by atomic mass is 10.2. The van der Waals surface area contributed by atoms with Crippen molar-refractivity contribution in [2.75, 3.05) is 16.6 Å². The summed E-state index contributed by atoms with van der Waals surface area (Å²) in [7, 11) is 0. The minimum Gasteiger partial charge on any atom is -0.368 e. The Hall–Kier alpha value is -2.78. The number of anilines is 3. The van der Waals surface area contributed by atoms with Gasteiger partial charge >= 0.3 is 0 Å². The number of nitrogens with one attached hydrogen (secondary N) is 2. The molecular weight excluding hydrogens is 474 g/mol. The van der Waals surface area contributed by atoms with Gasteiger partial charge in [0.05, 0.1) is 12.4 Å². The molecule has 0 saturated heterocycles. The summed E-state index contributed by atoms with van der Waals surface area (Å²) in [5.74, 6) is 1.02. The molecule has 0 aliphatic heterocycles. The van der Waals surface area contributed by atoms with Crippen LogP contribution in [0.4, 0.5) is 17.6 Å². The first-order valence-electron chi connectivity index (χ1n) is 7.82. The quantitative estimate of drug-likeness (QED) is 0.351. The standard InChI is InChI=1S/C18H15Br2N7/c19-14-5-1-12(2-6-14)10-22-26-16-9-17(25-18(21)24-16)27-23-11-13-3-7-15(20)8-4-13/h1-11H,(H4,21,24,25,26,27). The van der Waals surface area contributed by atoms with Gasteiger partial charge in [-0.05, 0) is 35.4 Å². The number of nitrogens with two attached hydrogens (primary N) is 1. The second-order valence-electron chi connectivity index (χ2n) is 5.34. The Labute approximate surface area is 173 Å². The van der Waals surface area contributed by atoms with E-state index in [0.29, 0.717) is 11.6 Å². The molecule has 136 valence electrons. The minimum atomic E-state index is 0.111. The van der Waals surface area contributed by atoms with Crippen LogP contribution in [0.1, 0.15) is 11.1 Å². The summed E-state index contributed by atoms with van der Waals surface area (Å²) in [5, 5.41) is 8.31. The van der Waals surface area contributed by atoms with Gasteiger partial charge in [-0.1, -0.05) is 56.1 Å². The third-order valence-electron chi connectivity index (χ3n) is 3.27. The summed E-state index contributed by atoms with van der Waals surface area (Å²) in [5.41, 5.74) is 13.3. The summed E-state index contributed by atoms with van der Waals surface area (Å²) >= 11 is 6.79. The Bertz CT molecular complexity index is 879. The lowest BCUT2D eigenvalue weighted by Gasteiger charge is -2.04. The molecule has 0 aliphatic carbocycles. The van der Waals surface area contributed by atoms with Crippen molar-refractivity contribution in [3.05, 3.63) is 74.7 Å². The zero-order valence-electron chi connectivity index (χ0n) is 14.0. The van der Waals surface area contributed by atoms with Gasteiger partial charge in [0.1, 0.15) is 0 Å². The second kappa shape index (κ2) is 9.24. The summed E-state index contributed by atoms with van der Waals surface area (Å²) in [6.45, 7) is 0. The van der Waals surface area contributed by atoms with Crippen molar-refractivity contribution in [1.29, 1.82) is 0 Å². The van der Waals surface area contributed by atoms with Crippen LogP contribution in [-0.4, -0.2) is 22.4 Å². The number of hydrogen-bond acceptors (Lipinski definition) is 7. The van der Waals surface area contributed by atoms with E-state index < -0.39 is 0 Å². The molecule has 0 aliphatic rings. The lowest BCUT2D eigenvalue weighted by Crippen LogP contribution is -2.03. The average molecular weight is 489 g/mol. The topological polar surface area (TPSA) is 101 Å². The maximum atomic E-state index is 5.74. The maximum Gasteiger partial charge on any atom is 0.224 e. The van der Waals surface area contributed by atoms with Crippen LogP contribution in [0.5, 0.6) is 0 Å². The Balaban J connectivity index is 1.63. The third-order valence-corrected chi connectivity index (χ3v) is 4.33. The molecule has 0 unspecified atom stereocenters. The van der Waals surface area contributed by atoms with Gasteiger partial charge in [-0.2, -0.15) is 20.2 Å². The molecule has 0 amide bonds. The van der Waals surface area contributed by atoms with E-state index in [1.807, 2.05) is 48.5 Å². The number of nitrogen functional groups attached to an aromatic ring is 1. The van der Waals surface area contributed by atoms with E-state index in [1.54, 1.807) is 18.5 Å². The molecule has 4 N–H and O–H groups in total. The smallest absolute Gasteiger partial charge is 0.224 e. The summed E-state index contributed by atoms with van der Waals surface area (Å²) in [6.07, 6.45) is 3.37. The fourth-order valence-corrected chi connectivity index (χ4v) is 2.55. The average Bonchev–Trinajstić information content (AvgIpc) is 2.65. The predicted molar refractivity (Wildman–Crippen MR) is 117 cm³/mol. The van der Waals surface area contributed by atoms with Crippen LogP contribution in [0.2, 0.25) is 0 Å². The highest BCUT2D eigenvalue weighted by Crippen LogP contribution is 2.13. The molecule has 0 radical (unpaired) electrons. The van der Waals surface area contributed by atoms with Crippen molar-refractivity contribution in [2.45, 2.75) is 0 Å². The minimum absolute atomic E-state index is 0.111. The van der Waals surface area contributed by atoms with Crippen LogP contribution in [0.25, 0.3) is 0 Å². The van der Waals surface area contributed by atoms with Gasteiger partial charge in [0.25, 0.3) is 0 Å². The molecule has 1 heterocycles. The second-order valence-corrected chi connectivity index (χ2v) is 7.17. The molecule has 1 aromatic heterocycles. The van der Waals surface area contributed by atoms with Crippen LogP contribution in [0.15, 0.2) is 73.7 Å². The Morgan fingerprint density at radius 3 is 1.56 bits per heavy atom. The van der Waals surface area contributed by atoms with Gasteiger partial charge < -0.3 is 5.73 Å². The molecule has 0 fully saturated rings. The lowest BCUT2D eigenvalue weighted by molar-refractivity contribution is 1.13. The fraction of sp³-hybridized carbons (Fsp3) is 0. The van der Waals surface area contributed by atoms with E-state index in [1.165, 1.54) is 0 Å². The molecule has 0 atom stereocenters. The Kier molecular flexibility index (Phi) is 6.50. The number of benzene rings is 2. The van der Waals surface area contributed by atoms with Crippen molar-refractivity contribution < 1.29 is 0 Å². The van der Waals surface area contributed by atoms with E-state index in [9.17, 15) is 0 Å². The van der Waals surface area contributed by atoms with E-state index >= 15 is 0 Å². The van der Waals surface area contributed by atoms with Crippen molar-refractivity contribution in [2.24, 2.45) is 10.2 Å². The highest BCUT2D eigenvalue weighted by Gasteiger charge is 2.01. The summed E-state index contributed by atoms with van der Waals surface area (Å²) in [4.78, 5) is 8.18. The van der Waals surface area contributed by atoms with E-state index in [4.69, 9.17) is 5.73 Å². The van der Waals surface area contributed by atoms with Crippen molar-refractivity contribution in [3.63, 3.8) is 0 Å². The van der Waals surface area contributed by atoms with Crippen molar-refractivity contribution >= 4 is 61.9 Å². The molecule has 27 heavy (non-hydrogen) atoms. The summed E-state index contributed by atoms with van der Waals surface area (Å²) in [6, 6.07) is 17.2. The molecule has 7 nitrogen and oxygen atoms in total. The number of halogens is 2. The van der Waals surface area contributed by atoms with E-state index in [0.717, 1.165) is 20.1 Å². The summed E-state index contributed by atoms with van der Waals surface area (Å²) < 4.78 is 2.02. The van der Waals surface area contributed by atoms with E-state index in [2.05, 4.69) is 62.9 Å². The molecule has 0 saturated carbocycles. The van der Waals surface area contributed by atoms with Crippen LogP contribution < -0.4 is 16.6 Å². The molecule has 3 aromatic rings. The maximum absolute atomic E-state index is 5.74. The van der Waals surface area contributed by atoms with Crippen molar-refractivity contribution in [3.8, 4) is 0 Å². The first-order chi connectivity index (χ1) is 13.1. The third kappa shape index (κ3) is 6.15. The van der Waals surface area contributed by atoms with E-state index in [-0.39, 0.29) is 5.95 Å². The molecule has 0 bridgehead atoms. The first kappa shape index (κ1) is 19.0. The molecule has 3 rings (SSSR count). The molecule has 0 spiro atoms. The number of rotatable bonds is 6. The fourth-order valence-electron chi connectivity index (χ4n) is 2.02. The number of aromatic nitrogens is 2. The van der Waals surface area contributed by atoms with Gasteiger partial charge in [0, 0.05) is 15.0 Å². The first-order valence-corrected chi connectivity index (χ1v) is 9.41. The zero-order valence-corrected chi connectivity index (χ0v) is 17.1. The molecule has 2 aromatic carbocycles. The number of hydrazone groups is 2. The number of nitrogens with zero attached hydrogens (tertiary/aromatic N) is 4. The monoisotopic (exact) mass is 487 g/mol. The van der Waals surface area contributed by atoms with Crippen LogP contribution in [0.3, 0.4) is 0 Å². The van der Waals surface area contributed by atoms with Gasteiger partial charge in [-0.25, -0.2) is 0 Å². The van der Waals surface area contributed by atoms with Crippen molar-refractivity contribution in [1.82, 2.24) is 9.97 Å². The number of hydrogen-bond donors (Lipinski definition) is 3. The highest BCUT2D eigenvalue weighted by molar-refractivity contribution is 9.10. The Morgan fingerprint density at radius 1 is 0.741 bits per heavy atom. The van der Waals surface area contributed by atoms with Gasteiger partial charge in [-0.3, -0.25) is 10.9 Å². The van der Waals surface area contributed by atoms with Gasteiger partial charge in [-0.15, -0.1) is 0 Å². The van der Waals surface area contributed by atoms with Gasteiger partial charge in [0.15, 0.2) is 11.6 Å². The van der Waals surface area contributed by atoms with Crippen LogP contribution in [-0.2, 0) is 0 Å². The normalized spacial score (nSPS) is 11.2. The molecule has 9 heteroatoms. The van der Waals surface area contributed by atoms with Crippen LogP contribution in [0, 0.1) is 0 Å². The highest BCUT2D eigenvalue weighted by atomic mass is 79.9. The largest absolute Gasteiger partial charge is 0.368 e.